The molecule has 4 unspecified atom stereocenters. The lowest BCUT2D eigenvalue weighted by Crippen LogP contribution is -2.58. The maximum absolute atomic E-state index is 12.6. The van der Waals surface area contributed by atoms with Crippen molar-refractivity contribution in [2.24, 2.45) is 11.5 Å². The number of aliphatic hydroxyl groups excluding tert-OH is 1. The Morgan fingerprint density at radius 1 is 1.10 bits per heavy atom. The average Bonchev–Trinajstić information content (AvgIpc) is 3.18. The number of carboxylic acids is 1. The average molecular weight is 427 g/mol. The van der Waals surface area contributed by atoms with Gasteiger partial charge in [0.1, 0.15) is 24.2 Å². The summed E-state index contributed by atoms with van der Waals surface area (Å²) in [6, 6.07) is -5.31. The molecule has 0 aliphatic carbocycles. The number of hydrogen-bond acceptors (Lipinski definition) is 8. The van der Waals surface area contributed by atoms with E-state index in [0.717, 1.165) is 0 Å². The van der Waals surface area contributed by atoms with E-state index in [4.69, 9.17) is 21.7 Å². The minimum Gasteiger partial charge on any atom is -0.480 e. The molecule has 0 aromatic carbocycles. The second-order valence-corrected chi connectivity index (χ2v) is 6.43. The van der Waals surface area contributed by atoms with E-state index < -0.39 is 66.8 Å². The first kappa shape index (κ1) is 24.5. The zero-order chi connectivity index (χ0) is 22.8. The van der Waals surface area contributed by atoms with E-state index >= 15 is 0 Å². The van der Waals surface area contributed by atoms with Gasteiger partial charge in [-0.1, -0.05) is 0 Å². The van der Waals surface area contributed by atoms with Crippen molar-refractivity contribution in [2.75, 3.05) is 6.61 Å². The molecule has 166 valence electrons. The van der Waals surface area contributed by atoms with E-state index in [0.29, 0.717) is 5.69 Å². The van der Waals surface area contributed by atoms with Crippen LogP contribution in [0.15, 0.2) is 12.5 Å². The van der Waals surface area contributed by atoms with Crippen molar-refractivity contribution < 1.29 is 34.2 Å². The third-order valence-electron chi connectivity index (χ3n) is 3.91. The monoisotopic (exact) mass is 427 g/mol. The summed E-state index contributed by atoms with van der Waals surface area (Å²) in [6.45, 7) is 0.538. The Hall–Kier alpha value is -3.52. The maximum atomic E-state index is 12.6. The van der Waals surface area contributed by atoms with Gasteiger partial charge in [-0.3, -0.25) is 24.0 Å². The first-order valence-corrected chi connectivity index (χ1v) is 8.81. The zero-order valence-electron chi connectivity index (χ0n) is 16.1. The summed E-state index contributed by atoms with van der Waals surface area (Å²) in [5, 5.41) is 24.7. The van der Waals surface area contributed by atoms with Gasteiger partial charge in [0.15, 0.2) is 0 Å². The van der Waals surface area contributed by atoms with Gasteiger partial charge in [0.2, 0.25) is 23.6 Å². The van der Waals surface area contributed by atoms with E-state index in [1.54, 1.807) is 0 Å². The van der Waals surface area contributed by atoms with Crippen LogP contribution in [0.4, 0.5) is 0 Å². The topological polar surface area (TPSA) is 243 Å². The summed E-state index contributed by atoms with van der Waals surface area (Å²) in [4.78, 5) is 65.8. The number of nitrogens with zero attached hydrogens (tertiary/aromatic N) is 1. The van der Waals surface area contributed by atoms with Crippen LogP contribution in [-0.2, 0) is 30.4 Å². The largest absolute Gasteiger partial charge is 0.480 e. The molecule has 0 radical (unpaired) electrons. The fraction of sp³-hybridized carbons (Fsp3) is 0.500. The number of primary amides is 1. The minimum atomic E-state index is -1.47. The maximum Gasteiger partial charge on any atom is 0.325 e. The molecule has 0 saturated carbocycles. The van der Waals surface area contributed by atoms with Gasteiger partial charge in [-0.15, -0.1) is 0 Å². The van der Waals surface area contributed by atoms with Gasteiger partial charge in [0.25, 0.3) is 0 Å². The van der Waals surface area contributed by atoms with Crippen LogP contribution in [0.5, 0.6) is 0 Å². The summed E-state index contributed by atoms with van der Waals surface area (Å²) < 4.78 is 0. The SMILES string of the molecule is CC(NC(=O)C(Cc1cnc[nH]1)NC(=O)C(CC(N)=O)NC(=O)C(N)CO)C(=O)O. The fourth-order valence-corrected chi connectivity index (χ4v) is 2.25. The van der Waals surface area contributed by atoms with Crippen LogP contribution in [-0.4, -0.2) is 80.6 Å². The lowest BCUT2D eigenvalue weighted by atomic mass is 10.1. The van der Waals surface area contributed by atoms with E-state index in [-0.39, 0.29) is 6.42 Å². The Bertz CT molecular complexity index is 768. The number of aromatic nitrogens is 2. The second kappa shape index (κ2) is 11.5. The lowest BCUT2D eigenvalue weighted by Gasteiger charge is -2.23. The van der Waals surface area contributed by atoms with Gasteiger partial charge < -0.3 is 42.6 Å². The number of aliphatic carboxylic acids is 1. The Morgan fingerprint density at radius 2 is 1.70 bits per heavy atom. The van der Waals surface area contributed by atoms with Gasteiger partial charge in [0, 0.05) is 18.3 Å². The number of aromatic amines is 1. The van der Waals surface area contributed by atoms with Crippen LogP contribution in [0.25, 0.3) is 0 Å². The molecule has 0 bridgehead atoms. The Labute approximate surface area is 170 Å². The predicted molar refractivity (Wildman–Crippen MR) is 100 cm³/mol. The standard InChI is InChI=1S/C16H25N7O7/c1-7(16(29)30)21-14(27)10(2-8-4-19-6-20-8)23-15(28)11(3-12(18)25)22-13(26)9(17)5-24/h4,6-7,9-11,24H,2-3,5,17H2,1H3,(H2,18,25)(H,19,20)(H,21,27)(H,22,26)(H,23,28)(H,29,30). The molecule has 0 aliphatic rings. The highest BCUT2D eigenvalue weighted by Gasteiger charge is 2.30. The van der Waals surface area contributed by atoms with Crippen molar-refractivity contribution in [1.82, 2.24) is 25.9 Å². The van der Waals surface area contributed by atoms with Crippen molar-refractivity contribution in [3.63, 3.8) is 0 Å². The quantitative estimate of drug-likeness (QED) is 0.161. The molecule has 4 atom stereocenters. The molecule has 0 aliphatic heterocycles. The third kappa shape index (κ3) is 7.84. The second-order valence-electron chi connectivity index (χ2n) is 6.43. The number of carbonyl (C=O) groups excluding carboxylic acids is 4. The smallest absolute Gasteiger partial charge is 0.325 e. The summed E-state index contributed by atoms with van der Waals surface area (Å²) in [5.74, 6) is -4.86. The number of H-pyrrole nitrogens is 1. The van der Waals surface area contributed by atoms with Crippen LogP contribution < -0.4 is 27.4 Å². The van der Waals surface area contributed by atoms with Gasteiger partial charge in [-0.2, -0.15) is 0 Å². The highest BCUT2D eigenvalue weighted by molar-refractivity contribution is 5.96. The van der Waals surface area contributed by atoms with Crippen LogP contribution in [0.3, 0.4) is 0 Å². The van der Waals surface area contributed by atoms with Crippen LogP contribution in [0.2, 0.25) is 0 Å². The summed E-state index contributed by atoms with van der Waals surface area (Å²) in [7, 11) is 0. The number of aliphatic hydroxyl groups is 1. The van der Waals surface area contributed by atoms with Gasteiger partial charge in [-0.05, 0) is 6.92 Å². The van der Waals surface area contributed by atoms with Crippen molar-refractivity contribution in [2.45, 2.75) is 43.9 Å². The number of nitrogens with two attached hydrogens (primary N) is 2. The Morgan fingerprint density at radius 3 is 2.20 bits per heavy atom. The zero-order valence-corrected chi connectivity index (χ0v) is 16.1. The molecule has 1 aromatic heterocycles. The molecule has 0 fully saturated rings. The number of hydrogen-bond donors (Lipinski definition) is 8. The van der Waals surface area contributed by atoms with E-state index in [2.05, 4.69) is 25.9 Å². The van der Waals surface area contributed by atoms with Crippen molar-refractivity contribution in [3.8, 4) is 0 Å². The van der Waals surface area contributed by atoms with Crippen LogP contribution in [0, 0.1) is 0 Å². The lowest BCUT2D eigenvalue weighted by molar-refractivity contribution is -0.142. The molecular weight excluding hydrogens is 402 g/mol. The Balaban J connectivity index is 2.99. The molecule has 1 rings (SSSR count). The summed E-state index contributed by atoms with van der Waals surface area (Å²) in [6.07, 6.45) is 2.06. The molecule has 0 saturated heterocycles. The number of nitrogens with one attached hydrogen (secondary N) is 4. The molecule has 14 heteroatoms. The summed E-state index contributed by atoms with van der Waals surface area (Å²) >= 11 is 0. The van der Waals surface area contributed by atoms with Crippen LogP contribution in [0.1, 0.15) is 19.0 Å². The minimum absolute atomic E-state index is 0.0860. The first-order valence-electron chi connectivity index (χ1n) is 8.81. The highest BCUT2D eigenvalue weighted by Crippen LogP contribution is 2.02. The molecule has 14 nitrogen and oxygen atoms in total. The van der Waals surface area contributed by atoms with Crippen molar-refractivity contribution >= 4 is 29.6 Å². The predicted octanol–water partition coefficient (Wildman–Crippen LogP) is -4.29. The fourth-order valence-electron chi connectivity index (χ4n) is 2.25. The van der Waals surface area contributed by atoms with Gasteiger partial charge >= 0.3 is 5.97 Å². The third-order valence-corrected chi connectivity index (χ3v) is 3.91. The molecule has 1 heterocycles. The molecule has 4 amide bonds. The number of rotatable bonds is 12. The van der Waals surface area contributed by atoms with E-state index in [1.165, 1.54) is 19.4 Å². The van der Waals surface area contributed by atoms with Crippen molar-refractivity contribution in [1.29, 1.82) is 0 Å². The molecule has 30 heavy (non-hydrogen) atoms. The molecule has 0 spiro atoms. The molecule has 1 aromatic rings. The number of carbonyl (C=O) groups is 5. The Kier molecular flexibility index (Phi) is 9.38. The highest BCUT2D eigenvalue weighted by atomic mass is 16.4. The summed E-state index contributed by atoms with van der Waals surface area (Å²) in [5.41, 5.74) is 10.9. The van der Waals surface area contributed by atoms with Crippen molar-refractivity contribution in [3.05, 3.63) is 18.2 Å². The number of carboxylic acid groups (broad SMARTS) is 1. The normalized spacial score (nSPS) is 14.6. The van der Waals surface area contributed by atoms with E-state index in [1.807, 2.05) is 0 Å². The van der Waals surface area contributed by atoms with Gasteiger partial charge in [-0.25, -0.2) is 4.98 Å². The van der Waals surface area contributed by atoms with Gasteiger partial charge in [0.05, 0.1) is 19.4 Å². The molecular formula is C16H25N7O7. The number of amides is 4. The van der Waals surface area contributed by atoms with E-state index in [9.17, 15) is 24.0 Å². The van der Waals surface area contributed by atoms with Crippen LogP contribution >= 0.6 is 0 Å². The first-order chi connectivity index (χ1) is 14.0. The number of imidazole rings is 1. The molecule has 10 N–H and O–H groups in total.